The number of rotatable bonds is 4. The summed E-state index contributed by atoms with van der Waals surface area (Å²) in [6.45, 7) is 12.6. The summed E-state index contributed by atoms with van der Waals surface area (Å²) in [4.78, 5) is 25.1. The van der Waals surface area contributed by atoms with Crippen LogP contribution in [-0.2, 0) is 14.3 Å². The minimum absolute atomic E-state index is 0.0303. The molecule has 0 aromatic heterocycles. The van der Waals surface area contributed by atoms with E-state index in [2.05, 4.69) is 13.5 Å². The number of hydrogen-bond acceptors (Lipinski definition) is 4. The van der Waals surface area contributed by atoms with Gasteiger partial charge in [-0.3, -0.25) is 9.59 Å². The van der Waals surface area contributed by atoms with Crippen LogP contribution in [0.15, 0.2) is 12.2 Å². The van der Waals surface area contributed by atoms with Gasteiger partial charge in [0.25, 0.3) is 0 Å². The van der Waals surface area contributed by atoms with Gasteiger partial charge in [-0.1, -0.05) is 33.8 Å². The fourth-order valence-electron chi connectivity index (χ4n) is 8.25. The Kier molecular flexibility index (Phi) is 5.16. The van der Waals surface area contributed by atoms with E-state index in [4.69, 9.17) is 10.5 Å². The Morgan fingerprint density at radius 3 is 2.47 bits per heavy atom. The van der Waals surface area contributed by atoms with E-state index >= 15 is 0 Å². The second-order valence-electron chi connectivity index (χ2n) is 11.6. The fourth-order valence-corrected chi connectivity index (χ4v) is 8.25. The molecule has 0 radical (unpaired) electrons. The van der Waals surface area contributed by atoms with Gasteiger partial charge >= 0.3 is 11.9 Å². The maximum atomic E-state index is 12.8. The average molecular weight is 418 g/mol. The van der Waals surface area contributed by atoms with Crippen molar-refractivity contribution in [2.75, 3.05) is 0 Å². The molecule has 2 bridgehead atoms. The zero-order chi connectivity index (χ0) is 22.1. The molecule has 0 amide bonds. The van der Waals surface area contributed by atoms with E-state index in [1.165, 1.54) is 0 Å². The van der Waals surface area contributed by atoms with Gasteiger partial charge in [-0.25, -0.2) is 0 Å². The molecule has 30 heavy (non-hydrogen) atoms. The molecule has 0 saturated heterocycles. The molecule has 4 saturated carbocycles. The molecule has 4 rings (SSSR count). The van der Waals surface area contributed by atoms with E-state index in [0.717, 1.165) is 56.9 Å². The summed E-state index contributed by atoms with van der Waals surface area (Å²) in [6, 6.07) is -0.620. The minimum atomic E-state index is -0.659. The Hall–Kier alpha value is -1.36. The van der Waals surface area contributed by atoms with Crippen LogP contribution in [0.2, 0.25) is 0 Å². The van der Waals surface area contributed by atoms with Crippen molar-refractivity contribution in [3.8, 4) is 0 Å². The van der Waals surface area contributed by atoms with E-state index in [1.807, 2.05) is 20.8 Å². The summed E-state index contributed by atoms with van der Waals surface area (Å²) < 4.78 is 6.17. The number of aliphatic carboxylic acids is 1. The number of carbonyl (C=O) groups is 2. The van der Waals surface area contributed by atoms with Gasteiger partial charge in [0.05, 0.1) is 5.41 Å². The second-order valence-corrected chi connectivity index (χ2v) is 11.6. The smallest absolute Gasteiger partial charge is 0.323 e. The first kappa shape index (κ1) is 21.9. The lowest BCUT2D eigenvalue weighted by Gasteiger charge is -2.63. The Morgan fingerprint density at radius 2 is 1.83 bits per heavy atom. The van der Waals surface area contributed by atoms with Crippen LogP contribution in [-0.4, -0.2) is 29.2 Å². The van der Waals surface area contributed by atoms with E-state index in [1.54, 1.807) is 0 Å². The number of carboxylic acid groups (broad SMARTS) is 1. The highest BCUT2D eigenvalue weighted by molar-refractivity contribution is 5.76. The van der Waals surface area contributed by atoms with Crippen molar-refractivity contribution in [3.05, 3.63) is 12.2 Å². The van der Waals surface area contributed by atoms with Crippen LogP contribution >= 0.6 is 0 Å². The number of carbonyl (C=O) groups excluding carboxylic acids is 1. The number of ether oxygens (including phenoxy) is 1. The first-order chi connectivity index (χ1) is 14.0. The second kappa shape index (κ2) is 7.08. The molecule has 0 aromatic carbocycles. The molecule has 168 valence electrons. The van der Waals surface area contributed by atoms with Crippen LogP contribution < -0.4 is 5.73 Å². The third-order valence-electron chi connectivity index (χ3n) is 9.89. The first-order valence-electron chi connectivity index (χ1n) is 11.9. The van der Waals surface area contributed by atoms with Crippen LogP contribution in [0.25, 0.3) is 0 Å². The van der Waals surface area contributed by atoms with Crippen molar-refractivity contribution in [2.45, 2.75) is 91.2 Å². The Bertz CT molecular complexity index is 762. The highest BCUT2D eigenvalue weighted by Gasteiger charge is 2.68. The number of esters is 1. The topological polar surface area (TPSA) is 89.6 Å². The minimum Gasteiger partial charge on any atom is -0.481 e. The first-order valence-corrected chi connectivity index (χ1v) is 11.9. The Labute approximate surface area is 180 Å². The maximum Gasteiger partial charge on any atom is 0.323 e. The summed E-state index contributed by atoms with van der Waals surface area (Å²) in [5.74, 6) is 0.0115. The molecule has 5 nitrogen and oxygen atoms in total. The van der Waals surface area contributed by atoms with Crippen LogP contribution in [0.3, 0.4) is 0 Å². The van der Waals surface area contributed by atoms with Gasteiger partial charge in [-0.15, -0.1) is 0 Å². The lowest BCUT2D eigenvalue weighted by Crippen LogP contribution is -2.60. The average Bonchev–Trinajstić information content (AvgIpc) is 2.87. The van der Waals surface area contributed by atoms with Crippen molar-refractivity contribution in [1.29, 1.82) is 0 Å². The van der Waals surface area contributed by atoms with E-state index in [9.17, 15) is 14.7 Å². The van der Waals surface area contributed by atoms with Crippen LogP contribution in [0.4, 0.5) is 0 Å². The zero-order valence-electron chi connectivity index (χ0n) is 19.1. The van der Waals surface area contributed by atoms with Gasteiger partial charge < -0.3 is 15.6 Å². The van der Waals surface area contributed by atoms with Crippen LogP contribution in [0, 0.1) is 39.9 Å². The van der Waals surface area contributed by atoms with Crippen LogP contribution in [0.1, 0.15) is 79.1 Å². The van der Waals surface area contributed by atoms with Crippen LogP contribution in [0.5, 0.6) is 0 Å². The maximum absolute atomic E-state index is 12.8. The molecule has 0 aromatic rings. The molecule has 8 atom stereocenters. The standard InChI is InChI=1S/C25H39NO4/c1-14(2)19(26)21(27)30-20-15(3)16-7-8-18-23(4)10-6-11-24(5,22(28)29)17(23)9-12-25(18,20)13-16/h14,16-20H,3,6-13,26H2,1-2,4-5H3,(H,28,29). The van der Waals surface area contributed by atoms with Crippen molar-refractivity contribution in [1.82, 2.24) is 0 Å². The van der Waals surface area contributed by atoms with Crippen molar-refractivity contribution < 1.29 is 19.4 Å². The molecular weight excluding hydrogens is 378 g/mol. The molecule has 1 spiro atoms. The van der Waals surface area contributed by atoms with Gasteiger partial charge in [-0.05, 0) is 86.5 Å². The zero-order valence-corrected chi connectivity index (χ0v) is 19.1. The summed E-state index contributed by atoms with van der Waals surface area (Å²) >= 11 is 0. The molecule has 4 aliphatic rings. The molecule has 8 unspecified atom stereocenters. The highest BCUT2D eigenvalue weighted by atomic mass is 16.5. The molecule has 0 aliphatic heterocycles. The van der Waals surface area contributed by atoms with E-state index in [0.29, 0.717) is 11.8 Å². The SMILES string of the molecule is C=C1C2CCC3C4(C)CCCC(C)(C(=O)O)C4CCC3(C2)C1OC(=O)C(N)C(C)C. The number of hydrogen-bond donors (Lipinski definition) is 2. The number of carboxylic acids is 1. The predicted octanol–water partition coefficient (Wildman–Crippen LogP) is 4.55. The van der Waals surface area contributed by atoms with Gasteiger partial charge in [0.1, 0.15) is 12.1 Å². The Morgan fingerprint density at radius 1 is 1.13 bits per heavy atom. The van der Waals surface area contributed by atoms with Gasteiger partial charge in [-0.2, -0.15) is 0 Å². The molecular formula is C25H39NO4. The Balaban J connectivity index is 1.70. The van der Waals surface area contributed by atoms with Gasteiger partial charge in [0, 0.05) is 5.41 Å². The third-order valence-corrected chi connectivity index (χ3v) is 9.89. The van der Waals surface area contributed by atoms with Gasteiger partial charge in [0.15, 0.2) is 0 Å². The summed E-state index contributed by atoms with van der Waals surface area (Å²) in [5.41, 5.74) is 6.39. The van der Waals surface area contributed by atoms with E-state index < -0.39 is 17.4 Å². The van der Waals surface area contributed by atoms with E-state index in [-0.39, 0.29) is 34.7 Å². The van der Waals surface area contributed by atoms with Crippen molar-refractivity contribution in [3.63, 3.8) is 0 Å². The monoisotopic (exact) mass is 417 g/mol. The fraction of sp³-hybridized carbons (Fsp3) is 0.840. The highest BCUT2D eigenvalue weighted by Crippen LogP contribution is 2.72. The molecule has 3 N–H and O–H groups in total. The summed E-state index contributed by atoms with van der Waals surface area (Å²) in [5, 5.41) is 10.1. The van der Waals surface area contributed by atoms with Crippen molar-refractivity contribution in [2.24, 2.45) is 45.7 Å². The normalized spacial score (nSPS) is 46.1. The largest absolute Gasteiger partial charge is 0.481 e. The lowest BCUT2D eigenvalue weighted by molar-refractivity contribution is -0.196. The summed E-state index contributed by atoms with van der Waals surface area (Å²) in [6.07, 6.45) is 7.49. The molecule has 4 aliphatic carbocycles. The summed E-state index contributed by atoms with van der Waals surface area (Å²) in [7, 11) is 0. The third kappa shape index (κ3) is 2.83. The number of nitrogens with two attached hydrogens (primary N) is 1. The lowest BCUT2D eigenvalue weighted by atomic mass is 9.40. The molecule has 0 heterocycles. The van der Waals surface area contributed by atoms with Gasteiger partial charge in [0.2, 0.25) is 0 Å². The molecule has 5 heteroatoms. The molecule has 4 fully saturated rings. The van der Waals surface area contributed by atoms with Crippen molar-refractivity contribution >= 4 is 11.9 Å². The quantitative estimate of drug-likeness (QED) is 0.517. The predicted molar refractivity (Wildman–Crippen MR) is 116 cm³/mol. The number of fused-ring (bicyclic) bond motifs is 3.